The van der Waals surface area contributed by atoms with Crippen LogP contribution in [0.1, 0.15) is 11.5 Å². The Hall–Kier alpha value is -2.69. The molecule has 0 aliphatic carbocycles. The summed E-state index contributed by atoms with van der Waals surface area (Å²) in [5, 5.41) is 7.91. The van der Waals surface area contributed by atoms with Gasteiger partial charge in [0.1, 0.15) is 11.6 Å². The first-order valence-corrected chi connectivity index (χ1v) is 6.99. The van der Waals surface area contributed by atoms with Gasteiger partial charge in [0, 0.05) is 18.9 Å². The topological polar surface area (TPSA) is 48.2 Å². The summed E-state index contributed by atoms with van der Waals surface area (Å²) in [4.78, 5) is 0. The van der Waals surface area contributed by atoms with Crippen LogP contribution >= 0.6 is 0 Å². The normalized spacial score (nSPS) is 10.6. The largest absolute Gasteiger partial charge is 0.493 e. The molecule has 0 N–H and O–H groups in total. The van der Waals surface area contributed by atoms with Gasteiger partial charge in [-0.3, -0.25) is 0 Å². The number of hydrogen-bond acceptors (Lipinski definition) is 4. The predicted octanol–water partition coefficient (Wildman–Crippen LogP) is 3.81. The van der Waals surface area contributed by atoms with E-state index in [1.54, 1.807) is 19.1 Å². The molecular weight excluding hydrogens is 283 g/mol. The molecule has 1 heterocycles. The summed E-state index contributed by atoms with van der Waals surface area (Å²) in [6, 6.07) is 13.8. The second kappa shape index (κ2) is 6.39. The fourth-order valence-corrected chi connectivity index (χ4v) is 2.16. The van der Waals surface area contributed by atoms with Crippen molar-refractivity contribution in [2.45, 2.75) is 13.3 Å². The molecule has 0 fully saturated rings. The van der Waals surface area contributed by atoms with E-state index in [0.29, 0.717) is 30.6 Å². The van der Waals surface area contributed by atoms with Gasteiger partial charge in [-0.1, -0.05) is 18.2 Å². The molecule has 112 valence electrons. The highest BCUT2D eigenvalue weighted by molar-refractivity contribution is 5.58. The maximum Gasteiger partial charge on any atom is 0.247 e. The van der Waals surface area contributed by atoms with Crippen molar-refractivity contribution in [3.63, 3.8) is 0 Å². The number of halogens is 1. The predicted molar refractivity (Wildman–Crippen MR) is 80.1 cm³/mol. The minimum atomic E-state index is -0.274. The van der Waals surface area contributed by atoms with Gasteiger partial charge in [-0.2, -0.15) is 0 Å². The Morgan fingerprint density at radius 1 is 1.05 bits per heavy atom. The molecular formula is C17H15FN2O2. The lowest BCUT2D eigenvalue weighted by Gasteiger charge is -2.08. The highest BCUT2D eigenvalue weighted by Gasteiger charge is 2.10. The van der Waals surface area contributed by atoms with Crippen molar-refractivity contribution in [3.05, 3.63) is 65.8 Å². The number of aromatic nitrogens is 2. The fraction of sp³-hybridized carbons (Fsp3) is 0.176. The van der Waals surface area contributed by atoms with E-state index in [2.05, 4.69) is 10.2 Å². The highest BCUT2D eigenvalue weighted by atomic mass is 19.1. The Morgan fingerprint density at radius 3 is 2.55 bits per heavy atom. The van der Waals surface area contributed by atoms with Gasteiger partial charge in [-0.25, -0.2) is 4.39 Å². The van der Waals surface area contributed by atoms with Gasteiger partial charge in [0.25, 0.3) is 0 Å². The maximum absolute atomic E-state index is 12.8. The lowest BCUT2D eigenvalue weighted by atomic mass is 10.1. The third-order valence-electron chi connectivity index (χ3n) is 3.23. The van der Waals surface area contributed by atoms with Crippen molar-refractivity contribution < 1.29 is 13.5 Å². The monoisotopic (exact) mass is 298 g/mol. The second-order valence-electron chi connectivity index (χ2n) is 4.84. The van der Waals surface area contributed by atoms with Crippen molar-refractivity contribution in [1.29, 1.82) is 0 Å². The lowest BCUT2D eigenvalue weighted by molar-refractivity contribution is 0.321. The Balaban J connectivity index is 1.69. The number of aryl methyl sites for hydroxylation is 1. The van der Waals surface area contributed by atoms with E-state index in [-0.39, 0.29) is 5.82 Å². The van der Waals surface area contributed by atoms with Crippen LogP contribution in [0.15, 0.2) is 52.9 Å². The molecule has 0 aliphatic heterocycles. The average Bonchev–Trinajstić information content (AvgIpc) is 2.96. The molecule has 4 nitrogen and oxygen atoms in total. The smallest absolute Gasteiger partial charge is 0.247 e. The molecule has 0 aliphatic rings. The summed E-state index contributed by atoms with van der Waals surface area (Å²) in [5.74, 6) is 1.42. The van der Waals surface area contributed by atoms with Gasteiger partial charge in [-0.15, -0.1) is 10.2 Å². The fourth-order valence-electron chi connectivity index (χ4n) is 2.16. The van der Waals surface area contributed by atoms with Crippen LogP contribution in [0.2, 0.25) is 0 Å². The van der Waals surface area contributed by atoms with E-state index >= 15 is 0 Å². The van der Waals surface area contributed by atoms with E-state index in [4.69, 9.17) is 9.15 Å². The van der Waals surface area contributed by atoms with E-state index in [1.165, 1.54) is 12.1 Å². The van der Waals surface area contributed by atoms with Crippen molar-refractivity contribution in [3.8, 4) is 17.2 Å². The van der Waals surface area contributed by atoms with Gasteiger partial charge in [0.15, 0.2) is 0 Å². The van der Waals surface area contributed by atoms with Crippen LogP contribution in [0.25, 0.3) is 11.5 Å². The summed E-state index contributed by atoms with van der Waals surface area (Å²) in [5.41, 5.74) is 1.97. The number of rotatable bonds is 5. The molecule has 0 bridgehead atoms. The number of ether oxygens (including phenoxy) is 1. The van der Waals surface area contributed by atoms with Crippen molar-refractivity contribution in [2.24, 2.45) is 0 Å². The van der Waals surface area contributed by atoms with E-state index in [0.717, 1.165) is 11.1 Å². The molecule has 22 heavy (non-hydrogen) atoms. The third kappa shape index (κ3) is 3.31. The van der Waals surface area contributed by atoms with Crippen LogP contribution in [0.3, 0.4) is 0 Å². The molecule has 0 saturated heterocycles. The van der Waals surface area contributed by atoms with Crippen LogP contribution in [0, 0.1) is 12.7 Å². The van der Waals surface area contributed by atoms with Crippen LogP contribution in [0.5, 0.6) is 5.75 Å². The van der Waals surface area contributed by atoms with Gasteiger partial charge < -0.3 is 9.15 Å². The van der Waals surface area contributed by atoms with E-state index < -0.39 is 0 Å². The first-order chi connectivity index (χ1) is 10.7. The molecule has 0 unspecified atom stereocenters. The molecule has 0 radical (unpaired) electrons. The lowest BCUT2D eigenvalue weighted by Crippen LogP contribution is -2.02. The zero-order chi connectivity index (χ0) is 15.4. The highest BCUT2D eigenvalue weighted by Crippen LogP contribution is 2.23. The van der Waals surface area contributed by atoms with Crippen molar-refractivity contribution in [1.82, 2.24) is 10.2 Å². The third-order valence-corrected chi connectivity index (χ3v) is 3.23. The summed E-state index contributed by atoms with van der Waals surface area (Å²) in [6.45, 7) is 2.24. The molecule has 0 saturated carbocycles. The van der Waals surface area contributed by atoms with Crippen LogP contribution in [-0.2, 0) is 6.42 Å². The van der Waals surface area contributed by atoms with Gasteiger partial charge in [0.05, 0.1) is 6.61 Å². The minimum absolute atomic E-state index is 0.274. The molecule has 1 aromatic heterocycles. The summed E-state index contributed by atoms with van der Waals surface area (Å²) < 4.78 is 23.9. The maximum atomic E-state index is 12.8. The Labute approximate surface area is 127 Å². The molecule has 5 heteroatoms. The quantitative estimate of drug-likeness (QED) is 0.718. The summed E-state index contributed by atoms with van der Waals surface area (Å²) >= 11 is 0. The Bertz CT molecular complexity index is 753. The average molecular weight is 298 g/mol. The standard InChI is InChI=1S/C17H15FN2O2/c1-12-19-20-17(22-12)16-5-3-2-4-13(16)10-11-21-15-8-6-14(18)7-9-15/h2-9H,10-11H2,1H3. The minimum Gasteiger partial charge on any atom is -0.493 e. The first kappa shape index (κ1) is 14.3. The zero-order valence-electron chi connectivity index (χ0n) is 12.1. The van der Waals surface area contributed by atoms with Gasteiger partial charge in [-0.05, 0) is 35.9 Å². The number of benzene rings is 2. The Morgan fingerprint density at radius 2 is 1.82 bits per heavy atom. The second-order valence-corrected chi connectivity index (χ2v) is 4.84. The number of hydrogen-bond donors (Lipinski definition) is 0. The molecule has 0 atom stereocenters. The van der Waals surface area contributed by atoms with E-state index in [1.807, 2.05) is 24.3 Å². The van der Waals surface area contributed by atoms with Crippen molar-refractivity contribution in [2.75, 3.05) is 6.61 Å². The van der Waals surface area contributed by atoms with Crippen LogP contribution < -0.4 is 4.74 Å². The van der Waals surface area contributed by atoms with Crippen molar-refractivity contribution >= 4 is 0 Å². The SMILES string of the molecule is Cc1nnc(-c2ccccc2CCOc2ccc(F)cc2)o1. The molecule has 0 amide bonds. The first-order valence-electron chi connectivity index (χ1n) is 6.99. The summed E-state index contributed by atoms with van der Waals surface area (Å²) in [6.07, 6.45) is 0.689. The molecule has 2 aromatic carbocycles. The Kier molecular flexibility index (Phi) is 4.14. The van der Waals surface area contributed by atoms with E-state index in [9.17, 15) is 4.39 Å². The number of nitrogens with zero attached hydrogens (tertiary/aromatic N) is 2. The summed E-state index contributed by atoms with van der Waals surface area (Å²) in [7, 11) is 0. The van der Waals surface area contributed by atoms with Gasteiger partial charge in [0.2, 0.25) is 11.8 Å². The molecule has 3 rings (SSSR count). The molecule has 0 spiro atoms. The zero-order valence-corrected chi connectivity index (χ0v) is 12.1. The van der Waals surface area contributed by atoms with Crippen LogP contribution in [0.4, 0.5) is 4.39 Å². The van der Waals surface area contributed by atoms with Gasteiger partial charge >= 0.3 is 0 Å². The molecule has 3 aromatic rings. The van der Waals surface area contributed by atoms with Crippen LogP contribution in [-0.4, -0.2) is 16.8 Å².